The van der Waals surface area contributed by atoms with E-state index in [1.165, 1.54) is 11.3 Å². The van der Waals surface area contributed by atoms with Gasteiger partial charge in [-0.3, -0.25) is 9.36 Å². The molecule has 0 aliphatic carbocycles. The molecular weight excluding hydrogens is 580 g/mol. The van der Waals surface area contributed by atoms with Gasteiger partial charge >= 0.3 is 5.97 Å². The molecule has 2 heterocycles. The number of fused-ring (bicyclic) bond motifs is 1. The third-order valence-electron chi connectivity index (χ3n) is 6.60. The SMILES string of the molecule is COc1cc(C)c(/C=c2\sc3n(c2=O)[C@H](c2cc(Br)ccc2OC)C(C(=O)OC(C)C)=C(C)N=3)cc1C(C)C. The molecule has 7 nitrogen and oxygen atoms in total. The highest BCUT2D eigenvalue weighted by Crippen LogP contribution is 2.37. The van der Waals surface area contributed by atoms with Gasteiger partial charge in [0.2, 0.25) is 0 Å². The van der Waals surface area contributed by atoms with Crippen molar-refractivity contribution in [2.24, 2.45) is 4.99 Å². The quantitative estimate of drug-likeness (QED) is 0.334. The van der Waals surface area contributed by atoms with Gasteiger partial charge in [-0.1, -0.05) is 41.1 Å². The summed E-state index contributed by atoms with van der Waals surface area (Å²) in [5, 5.41) is 0. The molecule has 2 aromatic carbocycles. The first-order chi connectivity index (χ1) is 18.5. The number of allylic oxidation sites excluding steroid dienone is 1. The number of hydrogen-bond donors (Lipinski definition) is 0. The second-order valence-corrected chi connectivity index (χ2v) is 12.0. The van der Waals surface area contributed by atoms with E-state index in [1.807, 2.05) is 37.3 Å². The molecule has 0 saturated heterocycles. The van der Waals surface area contributed by atoms with E-state index in [0.717, 1.165) is 26.9 Å². The Morgan fingerprint density at radius 2 is 1.77 bits per heavy atom. The van der Waals surface area contributed by atoms with E-state index in [-0.39, 0.29) is 17.6 Å². The molecule has 206 valence electrons. The summed E-state index contributed by atoms with van der Waals surface area (Å²) in [5.74, 6) is 1.11. The van der Waals surface area contributed by atoms with Crippen LogP contribution in [0.4, 0.5) is 0 Å². The lowest BCUT2D eigenvalue weighted by Gasteiger charge is -2.26. The van der Waals surface area contributed by atoms with Crippen molar-refractivity contribution in [2.45, 2.75) is 59.6 Å². The Balaban J connectivity index is 2.01. The number of hydrogen-bond acceptors (Lipinski definition) is 7. The number of rotatable bonds is 7. The lowest BCUT2D eigenvalue weighted by atomic mass is 9.95. The topological polar surface area (TPSA) is 79.1 Å². The predicted molar refractivity (Wildman–Crippen MR) is 158 cm³/mol. The Hall–Kier alpha value is -3.17. The van der Waals surface area contributed by atoms with Crippen molar-refractivity contribution in [1.29, 1.82) is 0 Å². The summed E-state index contributed by atoms with van der Waals surface area (Å²) in [6, 6.07) is 8.83. The first-order valence-corrected chi connectivity index (χ1v) is 14.3. The van der Waals surface area contributed by atoms with Crippen molar-refractivity contribution in [3.63, 3.8) is 0 Å². The molecule has 1 aliphatic rings. The summed E-state index contributed by atoms with van der Waals surface area (Å²) in [4.78, 5) is 32.7. The molecule has 0 bridgehead atoms. The van der Waals surface area contributed by atoms with Crippen LogP contribution in [0.5, 0.6) is 11.5 Å². The Labute approximate surface area is 240 Å². The van der Waals surface area contributed by atoms with E-state index in [4.69, 9.17) is 19.2 Å². The number of thiazole rings is 1. The molecule has 39 heavy (non-hydrogen) atoms. The van der Waals surface area contributed by atoms with Crippen LogP contribution in [-0.2, 0) is 9.53 Å². The zero-order valence-electron chi connectivity index (χ0n) is 23.4. The van der Waals surface area contributed by atoms with Crippen LogP contribution in [0, 0.1) is 6.92 Å². The molecule has 9 heteroatoms. The number of esters is 1. The number of benzene rings is 2. The zero-order chi connectivity index (χ0) is 28.6. The van der Waals surface area contributed by atoms with Crippen molar-refractivity contribution < 1.29 is 19.0 Å². The Bertz CT molecular complexity index is 1650. The maximum atomic E-state index is 14.1. The zero-order valence-corrected chi connectivity index (χ0v) is 25.8. The minimum absolute atomic E-state index is 0.241. The third-order valence-corrected chi connectivity index (χ3v) is 8.07. The van der Waals surface area contributed by atoms with Gasteiger partial charge in [0.1, 0.15) is 17.5 Å². The second-order valence-electron chi connectivity index (χ2n) is 10.0. The normalized spacial score (nSPS) is 15.5. The van der Waals surface area contributed by atoms with E-state index < -0.39 is 12.0 Å². The average Bonchev–Trinajstić information content (AvgIpc) is 3.17. The van der Waals surface area contributed by atoms with E-state index in [2.05, 4.69) is 35.8 Å². The number of aromatic nitrogens is 1. The number of nitrogens with zero attached hydrogens (tertiary/aromatic N) is 2. The van der Waals surface area contributed by atoms with Crippen molar-refractivity contribution in [3.05, 3.63) is 88.0 Å². The van der Waals surface area contributed by atoms with Gasteiger partial charge in [-0.2, -0.15) is 0 Å². The van der Waals surface area contributed by atoms with E-state index in [9.17, 15) is 9.59 Å². The minimum atomic E-state index is -0.773. The number of halogens is 1. The van der Waals surface area contributed by atoms with Gasteiger partial charge in [0.05, 0.1) is 36.1 Å². The largest absolute Gasteiger partial charge is 0.496 e. The maximum Gasteiger partial charge on any atom is 0.338 e. The average molecular weight is 614 g/mol. The van der Waals surface area contributed by atoms with Crippen molar-refractivity contribution in [1.82, 2.24) is 4.57 Å². The monoisotopic (exact) mass is 612 g/mol. The molecular formula is C30H33BrN2O5S. The fraction of sp³-hybridized carbons (Fsp3) is 0.367. The van der Waals surface area contributed by atoms with Crippen molar-refractivity contribution in [3.8, 4) is 11.5 Å². The molecule has 0 saturated carbocycles. The molecule has 0 spiro atoms. The van der Waals surface area contributed by atoms with Crippen LogP contribution in [0.15, 0.2) is 55.9 Å². The second kappa shape index (κ2) is 11.5. The summed E-state index contributed by atoms with van der Waals surface area (Å²) < 4.78 is 19.8. The minimum Gasteiger partial charge on any atom is -0.496 e. The number of aryl methyl sites for hydroxylation is 1. The van der Waals surface area contributed by atoms with Crippen LogP contribution in [0.1, 0.15) is 68.8 Å². The van der Waals surface area contributed by atoms with Crippen LogP contribution < -0.4 is 24.4 Å². The maximum absolute atomic E-state index is 14.1. The summed E-state index contributed by atoms with van der Waals surface area (Å²) in [7, 11) is 3.23. The van der Waals surface area contributed by atoms with E-state index >= 15 is 0 Å². The lowest BCUT2D eigenvalue weighted by molar-refractivity contribution is -0.143. The summed E-state index contributed by atoms with van der Waals surface area (Å²) in [6.07, 6.45) is 1.56. The predicted octanol–water partition coefficient (Wildman–Crippen LogP) is 5.40. The van der Waals surface area contributed by atoms with E-state index in [1.54, 1.807) is 39.6 Å². The standard InChI is InChI=1S/C30H33BrN2O5S/c1-15(2)21-12-19(17(5)11-24(21)37-8)13-25-28(34)33-27(22-14-20(31)9-10-23(22)36-7)26(29(35)38-16(3)4)18(6)32-30(33)39-25/h9-16,27H,1-8H3/b25-13-/t27-/m1/s1. The van der Waals surface area contributed by atoms with E-state index in [0.29, 0.717) is 31.9 Å². The van der Waals surface area contributed by atoms with Gasteiger partial charge in [0.15, 0.2) is 4.80 Å². The highest BCUT2D eigenvalue weighted by atomic mass is 79.9. The van der Waals surface area contributed by atoms with Gasteiger partial charge in [-0.05, 0) is 86.7 Å². The van der Waals surface area contributed by atoms with Crippen LogP contribution >= 0.6 is 27.3 Å². The molecule has 1 aliphatic heterocycles. The summed E-state index contributed by atoms with van der Waals surface area (Å²) >= 11 is 4.83. The van der Waals surface area contributed by atoms with Crippen molar-refractivity contribution >= 4 is 39.3 Å². The molecule has 0 radical (unpaired) electrons. The van der Waals surface area contributed by atoms with Gasteiger partial charge in [0.25, 0.3) is 5.56 Å². The van der Waals surface area contributed by atoms with Crippen molar-refractivity contribution in [2.75, 3.05) is 14.2 Å². The molecule has 4 rings (SSSR count). The number of methoxy groups -OCH3 is 2. The number of carbonyl (C=O) groups is 1. The van der Waals surface area contributed by atoms with Gasteiger partial charge in [-0.15, -0.1) is 0 Å². The molecule has 1 atom stereocenters. The Kier molecular flexibility index (Phi) is 8.51. The Morgan fingerprint density at radius 1 is 1.08 bits per heavy atom. The molecule has 0 N–H and O–H groups in total. The fourth-order valence-electron chi connectivity index (χ4n) is 4.71. The highest BCUT2D eigenvalue weighted by Gasteiger charge is 2.35. The van der Waals surface area contributed by atoms with Gasteiger partial charge in [0, 0.05) is 10.0 Å². The van der Waals surface area contributed by atoms with Gasteiger partial charge < -0.3 is 14.2 Å². The molecule has 3 aromatic rings. The molecule has 0 unspecified atom stereocenters. The first-order valence-electron chi connectivity index (χ1n) is 12.7. The first kappa shape index (κ1) is 28.8. The van der Waals surface area contributed by atoms with Crippen LogP contribution in [-0.4, -0.2) is 30.9 Å². The summed E-state index contributed by atoms with van der Waals surface area (Å²) in [6.45, 7) is 11.6. The molecule has 1 aromatic heterocycles. The fourth-order valence-corrected chi connectivity index (χ4v) is 6.13. The molecule has 0 fully saturated rings. The van der Waals surface area contributed by atoms with Gasteiger partial charge in [-0.25, -0.2) is 9.79 Å². The number of ether oxygens (including phenoxy) is 3. The molecule has 0 amide bonds. The summed E-state index contributed by atoms with van der Waals surface area (Å²) in [5.41, 5.74) is 4.21. The highest BCUT2D eigenvalue weighted by molar-refractivity contribution is 9.10. The van der Waals surface area contributed by atoms with Crippen LogP contribution in [0.25, 0.3) is 6.08 Å². The number of carbonyl (C=O) groups excluding carboxylic acids is 1. The lowest BCUT2D eigenvalue weighted by Crippen LogP contribution is -2.40. The van der Waals surface area contributed by atoms with Crippen LogP contribution in [0.3, 0.4) is 0 Å². The van der Waals surface area contributed by atoms with Crippen LogP contribution in [0.2, 0.25) is 0 Å². The smallest absolute Gasteiger partial charge is 0.338 e. The Morgan fingerprint density at radius 3 is 2.38 bits per heavy atom. The third kappa shape index (κ3) is 5.61.